The minimum absolute atomic E-state index is 0.0518. The highest BCUT2D eigenvalue weighted by molar-refractivity contribution is 7.91. The van der Waals surface area contributed by atoms with Crippen LogP contribution in [0, 0.1) is 0 Å². The molecule has 2 rings (SSSR count). The zero-order valence-corrected chi connectivity index (χ0v) is 9.75. The van der Waals surface area contributed by atoms with Crippen LogP contribution in [0.15, 0.2) is 35.2 Å². The molecule has 3 nitrogen and oxygen atoms in total. The van der Waals surface area contributed by atoms with Crippen molar-refractivity contribution >= 4 is 21.2 Å². The molecule has 0 spiro atoms. The summed E-state index contributed by atoms with van der Waals surface area (Å²) in [5, 5.41) is 0. The van der Waals surface area contributed by atoms with Gasteiger partial charge in [0.05, 0.1) is 10.6 Å². The van der Waals surface area contributed by atoms with Gasteiger partial charge in [-0.15, -0.1) is 0 Å². The summed E-state index contributed by atoms with van der Waals surface area (Å²) in [6, 6.07) is 6.83. The predicted octanol–water partition coefficient (Wildman–Crippen LogP) is 1.84. The van der Waals surface area contributed by atoms with Crippen LogP contribution in [-0.2, 0) is 14.6 Å². The summed E-state index contributed by atoms with van der Waals surface area (Å²) in [5.41, 5.74) is 1.49. The lowest BCUT2D eigenvalue weighted by molar-refractivity contribution is -0.112. The van der Waals surface area contributed by atoms with E-state index in [1.807, 2.05) is 0 Å². The molecule has 1 aromatic rings. The summed E-state index contributed by atoms with van der Waals surface area (Å²) >= 11 is 0. The van der Waals surface area contributed by atoms with Crippen LogP contribution in [0.1, 0.15) is 18.9 Å². The molecule has 1 aliphatic rings. The molecule has 84 valence electrons. The van der Waals surface area contributed by atoms with E-state index in [0.29, 0.717) is 16.9 Å². The van der Waals surface area contributed by atoms with Gasteiger partial charge in [-0.1, -0.05) is 18.2 Å². The first-order valence-corrected chi connectivity index (χ1v) is 6.69. The van der Waals surface area contributed by atoms with Gasteiger partial charge < -0.3 is 0 Å². The number of ketones is 1. The number of allylic oxidation sites excluding steroid dienone is 2. The minimum atomic E-state index is -3.16. The molecule has 0 radical (unpaired) electrons. The second-order valence-electron chi connectivity index (χ2n) is 3.85. The maximum atomic E-state index is 11.8. The highest BCUT2D eigenvalue weighted by atomic mass is 32.2. The lowest BCUT2D eigenvalue weighted by Gasteiger charge is -2.18. The molecular weight excluding hydrogens is 224 g/mol. The molecule has 1 aromatic carbocycles. The lowest BCUT2D eigenvalue weighted by Crippen LogP contribution is -2.15. The Hall–Kier alpha value is -1.42. The molecule has 1 heterocycles. The van der Waals surface area contributed by atoms with Gasteiger partial charge in [0.15, 0.2) is 15.6 Å². The van der Waals surface area contributed by atoms with Crippen LogP contribution in [0.2, 0.25) is 0 Å². The molecule has 0 unspecified atom stereocenters. The summed E-state index contributed by atoms with van der Waals surface area (Å²) in [4.78, 5) is 11.4. The van der Waals surface area contributed by atoms with Crippen LogP contribution in [0.3, 0.4) is 0 Å². The van der Waals surface area contributed by atoms with Crippen molar-refractivity contribution < 1.29 is 13.2 Å². The fraction of sp³-hybridized carbons (Fsp3) is 0.250. The van der Waals surface area contributed by atoms with Gasteiger partial charge in [-0.2, -0.15) is 0 Å². The standard InChI is InChI=1S/C12H12O3S/c1-9(13)8-10-6-7-16(14,15)12-5-3-2-4-11(10)12/h2-5,8H,6-7H2,1H3/b10-8-. The molecule has 0 aliphatic carbocycles. The number of sulfone groups is 1. The number of hydrogen-bond donors (Lipinski definition) is 0. The maximum Gasteiger partial charge on any atom is 0.179 e. The van der Waals surface area contributed by atoms with Crippen molar-refractivity contribution in [1.82, 2.24) is 0 Å². The van der Waals surface area contributed by atoms with Crippen LogP contribution in [0.5, 0.6) is 0 Å². The van der Waals surface area contributed by atoms with Crippen LogP contribution < -0.4 is 0 Å². The zero-order chi connectivity index (χ0) is 11.8. The van der Waals surface area contributed by atoms with Crippen molar-refractivity contribution in [3.05, 3.63) is 35.9 Å². The van der Waals surface area contributed by atoms with Gasteiger partial charge >= 0.3 is 0 Å². The Kier molecular flexibility index (Phi) is 2.68. The summed E-state index contributed by atoms with van der Waals surface area (Å²) < 4.78 is 23.6. The first-order valence-electron chi connectivity index (χ1n) is 5.04. The predicted molar refractivity (Wildman–Crippen MR) is 61.8 cm³/mol. The van der Waals surface area contributed by atoms with Gasteiger partial charge in [-0.3, -0.25) is 4.79 Å². The molecule has 0 amide bonds. The van der Waals surface area contributed by atoms with Gasteiger partial charge in [-0.05, 0) is 36.6 Å². The van der Waals surface area contributed by atoms with Crippen LogP contribution in [0.25, 0.3) is 5.57 Å². The molecule has 0 fully saturated rings. The molecule has 0 aromatic heterocycles. The number of carbonyl (C=O) groups is 1. The molecule has 0 N–H and O–H groups in total. The first kappa shape index (κ1) is 11.1. The van der Waals surface area contributed by atoms with Gasteiger partial charge in [-0.25, -0.2) is 8.42 Å². The number of fused-ring (bicyclic) bond motifs is 1. The quantitative estimate of drug-likeness (QED) is 0.699. The van der Waals surface area contributed by atoms with Crippen molar-refractivity contribution in [2.24, 2.45) is 0 Å². The lowest BCUT2D eigenvalue weighted by atomic mass is 10.0. The van der Waals surface area contributed by atoms with Crippen LogP contribution in [-0.4, -0.2) is 20.0 Å². The summed E-state index contributed by atoms with van der Waals surface area (Å²) in [6.07, 6.45) is 1.94. The van der Waals surface area contributed by atoms with Crippen molar-refractivity contribution in [2.75, 3.05) is 5.75 Å². The minimum Gasteiger partial charge on any atom is -0.295 e. The molecule has 0 bridgehead atoms. The highest BCUT2D eigenvalue weighted by Crippen LogP contribution is 2.32. The third-order valence-electron chi connectivity index (χ3n) is 2.59. The van der Waals surface area contributed by atoms with Crippen molar-refractivity contribution in [2.45, 2.75) is 18.2 Å². The third kappa shape index (κ3) is 1.93. The summed E-state index contributed by atoms with van der Waals surface area (Å²) in [7, 11) is -3.16. The molecule has 0 saturated heterocycles. The largest absolute Gasteiger partial charge is 0.295 e. The summed E-state index contributed by atoms with van der Waals surface area (Å²) in [6.45, 7) is 1.47. The van der Waals surface area contributed by atoms with E-state index >= 15 is 0 Å². The first-order chi connectivity index (χ1) is 7.50. The van der Waals surface area contributed by atoms with Crippen molar-refractivity contribution in [1.29, 1.82) is 0 Å². The fourth-order valence-corrected chi connectivity index (χ4v) is 3.42. The average molecular weight is 236 g/mol. The Bertz CT molecular complexity index is 568. The van der Waals surface area contributed by atoms with E-state index < -0.39 is 9.84 Å². The number of rotatable bonds is 1. The Morgan fingerprint density at radius 1 is 1.31 bits per heavy atom. The molecule has 1 aliphatic heterocycles. The Labute approximate surface area is 94.7 Å². The summed E-state index contributed by atoms with van der Waals surface area (Å²) in [5.74, 6) is 0.0347. The van der Waals surface area contributed by atoms with E-state index in [1.165, 1.54) is 13.0 Å². The topological polar surface area (TPSA) is 51.2 Å². The SMILES string of the molecule is CC(=O)/C=C1/CCS(=O)(=O)c2ccccc21. The van der Waals surface area contributed by atoms with Crippen LogP contribution >= 0.6 is 0 Å². The molecule has 4 heteroatoms. The van der Waals surface area contributed by atoms with E-state index in [4.69, 9.17) is 0 Å². The molecule has 0 saturated carbocycles. The number of hydrogen-bond acceptors (Lipinski definition) is 3. The Balaban J connectivity index is 2.65. The zero-order valence-electron chi connectivity index (χ0n) is 8.93. The van der Waals surface area contributed by atoms with Gasteiger partial charge in [0, 0.05) is 0 Å². The van der Waals surface area contributed by atoms with E-state index in [9.17, 15) is 13.2 Å². The van der Waals surface area contributed by atoms with E-state index in [0.717, 1.165) is 5.57 Å². The van der Waals surface area contributed by atoms with E-state index in [2.05, 4.69) is 0 Å². The van der Waals surface area contributed by atoms with Gasteiger partial charge in [0.2, 0.25) is 0 Å². The highest BCUT2D eigenvalue weighted by Gasteiger charge is 2.25. The van der Waals surface area contributed by atoms with E-state index in [-0.39, 0.29) is 11.5 Å². The second kappa shape index (κ2) is 3.87. The van der Waals surface area contributed by atoms with E-state index in [1.54, 1.807) is 24.3 Å². The smallest absolute Gasteiger partial charge is 0.179 e. The average Bonchev–Trinajstić information content (AvgIpc) is 2.23. The molecular formula is C12H12O3S. The second-order valence-corrected chi connectivity index (χ2v) is 5.92. The van der Waals surface area contributed by atoms with Crippen LogP contribution in [0.4, 0.5) is 0 Å². The number of benzene rings is 1. The third-order valence-corrected chi connectivity index (χ3v) is 4.35. The maximum absolute atomic E-state index is 11.8. The van der Waals surface area contributed by atoms with Crippen molar-refractivity contribution in [3.63, 3.8) is 0 Å². The van der Waals surface area contributed by atoms with Gasteiger partial charge in [0.1, 0.15) is 0 Å². The number of carbonyl (C=O) groups excluding carboxylic acids is 1. The fourth-order valence-electron chi connectivity index (χ4n) is 1.89. The Morgan fingerprint density at radius 3 is 2.69 bits per heavy atom. The molecule has 16 heavy (non-hydrogen) atoms. The monoisotopic (exact) mass is 236 g/mol. The van der Waals surface area contributed by atoms with Crippen molar-refractivity contribution in [3.8, 4) is 0 Å². The normalized spacial score (nSPS) is 20.4. The Morgan fingerprint density at radius 2 is 2.00 bits per heavy atom. The van der Waals surface area contributed by atoms with Gasteiger partial charge in [0.25, 0.3) is 0 Å². The molecule has 0 atom stereocenters.